The van der Waals surface area contributed by atoms with Crippen molar-refractivity contribution >= 4 is 6.09 Å². The Morgan fingerprint density at radius 1 is 1.36 bits per heavy atom. The summed E-state index contributed by atoms with van der Waals surface area (Å²) in [5.74, 6) is -0.402. The standard InChI is InChI=1S/C17H24FN5O2/c1-6-23(16(24)25-17(3,4)5)12(2)10-22-11-15(20-21-22)14-8-7-13(18)9-19-14/h7-9,11-12H,6,10H2,1-5H3/t12-/m0/s1. The van der Waals surface area contributed by atoms with Gasteiger partial charge in [-0.2, -0.15) is 0 Å². The monoisotopic (exact) mass is 349 g/mol. The van der Waals surface area contributed by atoms with Gasteiger partial charge >= 0.3 is 6.09 Å². The van der Waals surface area contributed by atoms with E-state index in [4.69, 9.17) is 4.74 Å². The lowest BCUT2D eigenvalue weighted by Gasteiger charge is -2.30. The van der Waals surface area contributed by atoms with Gasteiger partial charge in [-0.1, -0.05) is 5.21 Å². The molecule has 0 bridgehead atoms. The predicted molar refractivity (Wildman–Crippen MR) is 91.3 cm³/mol. The van der Waals surface area contributed by atoms with E-state index in [2.05, 4.69) is 15.3 Å². The fraction of sp³-hybridized carbons (Fsp3) is 0.529. The van der Waals surface area contributed by atoms with Gasteiger partial charge in [0.05, 0.1) is 30.7 Å². The first-order valence-corrected chi connectivity index (χ1v) is 8.21. The summed E-state index contributed by atoms with van der Waals surface area (Å²) in [6, 6.07) is 2.74. The van der Waals surface area contributed by atoms with Crippen LogP contribution in [0.5, 0.6) is 0 Å². The summed E-state index contributed by atoms with van der Waals surface area (Å²) in [6.07, 6.45) is 2.50. The van der Waals surface area contributed by atoms with E-state index in [1.165, 1.54) is 6.07 Å². The normalized spacial score (nSPS) is 12.7. The Balaban J connectivity index is 2.05. The number of hydrogen-bond acceptors (Lipinski definition) is 5. The van der Waals surface area contributed by atoms with Crippen LogP contribution >= 0.6 is 0 Å². The molecule has 136 valence electrons. The lowest BCUT2D eigenvalue weighted by Crippen LogP contribution is -2.43. The molecule has 0 unspecified atom stereocenters. The Morgan fingerprint density at radius 2 is 2.08 bits per heavy atom. The van der Waals surface area contributed by atoms with Crippen LogP contribution in [0.1, 0.15) is 34.6 Å². The van der Waals surface area contributed by atoms with Crippen molar-refractivity contribution < 1.29 is 13.9 Å². The maximum Gasteiger partial charge on any atom is 0.410 e. The van der Waals surface area contributed by atoms with Crippen LogP contribution in [0.25, 0.3) is 11.4 Å². The van der Waals surface area contributed by atoms with Crippen molar-refractivity contribution in [3.63, 3.8) is 0 Å². The molecule has 1 amide bonds. The first-order valence-electron chi connectivity index (χ1n) is 8.21. The summed E-state index contributed by atoms with van der Waals surface area (Å²) in [5.41, 5.74) is 0.547. The molecule has 0 aliphatic carbocycles. The van der Waals surface area contributed by atoms with E-state index >= 15 is 0 Å². The fourth-order valence-electron chi connectivity index (χ4n) is 2.34. The molecule has 7 nitrogen and oxygen atoms in total. The van der Waals surface area contributed by atoms with Crippen molar-refractivity contribution in [1.82, 2.24) is 24.9 Å². The number of pyridine rings is 1. The van der Waals surface area contributed by atoms with Crippen LogP contribution in [0.2, 0.25) is 0 Å². The highest BCUT2D eigenvalue weighted by atomic mass is 19.1. The van der Waals surface area contributed by atoms with E-state index in [0.29, 0.717) is 24.5 Å². The number of amides is 1. The largest absolute Gasteiger partial charge is 0.444 e. The van der Waals surface area contributed by atoms with Gasteiger partial charge in [-0.15, -0.1) is 5.10 Å². The van der Waals surface area contributed by atoms with Crippen LogP contribution in [0.15, 0.2) is 24.5 Å². The molecule has 0 fully saturated rings. The zero-order valence-electron chi connectivity index (χ0n) is 15.2. The molecule has 0 aliphatic rings. The maximum atomic E-state index is 12.9. The average Bonchev–Trinajstić information content (AvgIpc) is 2.95. The van der Waals surface area contributed by atoms with Crippen molar-refractivity contribution in [1.29, 1.82) is 0 Å². The number of ether oxygens (including phenoxy) is 1. The second kappa shape index (κ2) is 7.58. The Bertz CT molecular complexity index is 709. The van der Waals surface area contributed by atoms with Crippen LogP contribution in [0, 0.1) is 5.82 Å². The third-order valence-corrected chi connectivity index (χ3v) is 3.48. The second-order valence-electron chi connectivity index (χ2n) is 6.80. The minimum absolute atomic E-state index is 0.129. The van der Waals surface area contributed by atoms with Crippen molar-refractivity contribution in [2.24, 2.45) is 0 Å². The summed E-state index contributed by atoms with van der Waals surface area (Å²) in [5, 5.41) is 8.11. The minimum Gasteiger partial charge on any atom is -0.444 e. The second-order valence-corrected chi connectivity index (χ2v) is 6.80. The molecule has 2 heterocycles. The van der Waals surface area contributed by atoms with Crippen molar-refractivity contribution in [2.45, 2.75) is 52.8 Å². The summed E-state index contributed by atoms with van der Waals surface area (Å²) in [4.78, 5) is 17.9. The van der Waals surface area contributed by atoms with Gasteiger partial charge < -0.3 is 9.64 Å². The van der Waals surface area contributed by atoms with Crippen LogP contribution in [-0.2, 0) is 11.3 Å². The van der Waals surface area contributed by atoms with E-state index in [1.54, 1.807) is 21.8 Å². The highest BCUT2D eigenvalue weighted by Crippen LogP contribution is 2.15. The Hall–Kier alpha value is -2.51. The van der Waals surface area contributed by atoms with E-state index in [0.717, 1.165) is 6.20 Å². The number of hydrogen-bond donors (Lipinski definition) is 0. The van der Waals surface area contributed by atoms with Gasteiger partial charge in [-0.05, 0) is 46.8 Å². The molecule has 25 heavy (non-hydrogen) atoms. The molecule has 2 aromatic rings. The molecule has 2 rings (SSSR count). The van der Waals surface area contributed by atoms with Gasteiger partial charge in [0, 0.05) is 6.54 Å². The predicted octanol–water partition coefficient (Wildman–Crippen LogP) is 3.12. The molecular weight excluding hydrogens is 325 g/mol. The van der Waals surface area contributed by atoms with Crippen molar-refractivity contribution in [3.8, 4) is 11.4 Å². The number of carbonyl (C=O) groups excluding carboxylic acids is 1. The molecule has 0 saturated heterocycles. The summed E-state index contributed by atoms with van der Waals surface area (Å²) < 4.78 is 20.0. The van der Waals surface area contributed by atoms with E-state index in [1.807, 2.05) is 34.6 Å². The van der Waals surface area contributed by atoms with Crippen molar-refractivity contribution in [3.05, 3.63) is 30.3 Å². The first-order chi connectivity index (χ1) is 11.7. The minimum atomic E-state index is -0.543. The van der Waals surface area contributed by atoms with Crippen LogP contribution in [0.4, 0.5) is 9.18 Å². The Labute approximate surface area is 146 Å². The van der Waals surface area contributed by atoms with Crippen molar-refractivity contribution in [2.75, 3.05) is 6.54 Å². The van der Waals surface area contributed by atoms with Gasteiger partial charge in [-0.3, -0.25) is 4.98 Å². The van der Waals surface area contributed by atoms with Crippen LogP contribution in [0.3, 0.4) is 0 Å². The van der Waals surface area contributed by atoms with Crippen LogP contribution < -0.4 is 0 Å². The topological polar surface area (TPSA) is 73.1 Å². The summed E-state index contributed by atoms with van der Waals surface area (Å²) in [6.45, 7) is 10.3. The molecule has 0 spiro atoms. The summed E-state index contributed by atoms with van der Waals surface area (Å²) >= 11 is 0. The maximum absolute atomic E-state index is 12.9. The van der Waals surface area contributed by atoms with E-state index < -0.39 is 11.4 Å². The van der Waals surface area contributed by atoms with Gasteiger partial charge in [0.25, 0.3) is 0 Å². The lowest BCUT2D eigenvalue weighted by atomic mass is 10.2. The van der Waals surface area contributed by atoms with Gasteiger partial charge in [0.2, 0.25) is 0 Å². The molecule has 0 aromatic carbocycles. The quantitative estimate of drug-likeness (QED) is 0.829. The molecule has 0 N–H and O–H groups in total. The third kappa shape index (κ3) is 5.23. The number of carbonyl (C=O) groups is 1. The Morgan fingerprint density at radius 3 is 2.64 bits per heavy atom. The average molecular weight is 349 g/mol. The first kappa shape index (κ1) is 18.8. The Kier molecular flexibility index (Phi) is 5.71. The van der Waals surface area contributed by atoms with Gasteiger partial charge in [0.1, 0.15) is 17.1 Å². The molecule has 2 aromatic heterocycles. The SMILES string of the molecule is CCN(C(=O)OC(C)(C)C)[C@@H](C)Cn1cc(-c2ccc(F)cn2)nn1. The number of nitrogens with zero attached hydrogens (tertiary/aromatic N) is 5. The highest BCUT2D eigenvalue weighted by molar-refractivity contribution is 5.68. The molecule has 0 radical (unpaired) electrons. The van der Waals surface area contributed by atoms with Gasteiger partial charge in [-0.25, -0.2) is 13.9 Å². The zero-order chi connectivity index (χ0) is 18.6. The van der Waals surface area contributed by atoms with Gasteiger partial charge in [0.15, 0.2) is 0 Å². The van der Waals surface area contributed by atoms with E-state index in [-0.39, 0.29) is 12.1 Å². The lowest BCUT2D eigenvalue weighted by molar-refractivity contribution is 0.0170. The highest BCUT2D eigenvalue weighted by Gasteiger charge is 2.25. The number of halogens is 1. The molecule has 1 atom stereocenters. The third-order valence-electron chi connectivity index (χ3n) is 3.48. The molecule has 8 heteroatoms. The molecule has 0 aliphatic heterocycles. The smallest absolute Gasteiger partial charge is 0.410 e. The molecule has 0 saturated carbocycles. The van der Waals surface area contributed by atoms with Crippen LogP contribution in [-0.4, -0.2) is 49.2 Å². The molecular formula is C17H24FN5O2. The number of rotatable bonds is 5. The number of aromatic nitrogens is 4. The zero-order valence-corrected chi connectivity index (χ0v) is 15.2. The number of likely N-dealkylation sites (N-methyl/N-ethyl adjacent to an activating group) is 1. The summed E-state index contributed by atoms with van der Waals surface area (Å²) in [7, 11) is 0. The fourth-order valence-corrected chi connectivity index (χ4v) is 2.34. The van der Waals surface area contributed by atoms with E-state index in [9.17, 15) is 9.18 Å².